The molecule has 0 aliphatic carbocycles. The number of aromatic nitrogens is 4. The molecule has 0 bridgehead atoms. The first-order valence-corrected chi connectivity index (χ1v) is 8.49. The van der Waals surface area contributed by atoms with Crippen molar-refractivity contribution in [2.75, 3.05) is 19.8 Å². The molecule has 0 spiro atoms. The predicted molar refractivity (Wildman–Crippen MR) is 91.9 cm³/mol. The first-order chi connectivity index (χ1) is 11.5. The molecule has 0 radical (unpaired) electrons. The van der Waals surface area contributed by atoms with Crippen LogP contribution < -0.4 is 5.32 Å². The van der Waals surface area contributed by atoms with Gasteiger partial charge >= 0.3 is 0 Å². The Bertz CT molecular complexity index is 681. The van der Waals surface area contributed by atoms with Crippen molar-refractivity contribution in [1.82, 2.24) is 24.9 Å². The highest BCUT2D eigenvalue weighted by atomic mass is 16.5. The average molecular weight is 333 g/mol. The zero-order chi connectivity index (χ0) is 17.5. The van der Waals surface area contributed by atoms with Gasteiger partial charge < -0.3 is 10.1 Å². The van der Waals surface area contributed by atoms with Crippen LogP contribution in [0.15, 0.2) is 6.33 Å². The molecule has 0 fully saturated rings. The minimum absolute atomic E-state index is 0.0522. The molecule has 24 heavy (non-hydrogen) atoms. The molecular formula is C17H27N5O2. The largest absolute Gasteiger partial charge is 0.381 e. The lowest BCUT2D eigenvalue weighted by Gasteiger charge is -2.11. The number of ether oxygens (including phenoxy) is 1. The molecule has 1 amide bonds. The maximum atomic E-state index is 12.0. The summed E-state index contributed by atoms with van der Waals surface area (Å²) in [5.41, 5.74) is 2.95. The third-order valence-corrected chi connectivity index (χ3v) is 3.83. The number of fused-ring (bicyclic) bond motifs is 1. The van der Waals surface area contributed by atoms with E-state index in [0.717, 1.165) is 30.0 Å². The van der Waals surface area contributed by atoms with Crippen LogP contribution in [-0.4, -0.2) is 45.2 Å². The van der Waals surface area contributed by atoms with E-state index < -0.39 is 0 Å². The van der Waals surface area contributed by atoms with Gasteiger partial charge in [0.05, 0.1) is 0 Å². The summed E-state index contributed by atoms with van der Waals surface area (Å²) in [6, 6.07) is 0. The highest BCUT2D eigenvalue weighted by molar-refractivity contribution is 5.76. The summed E-state index contributed by atoms with van der Waals surface area (Å²) in [7, 11) is 0. The second-order valence-corrected chi connectivity index (χ2v) is 6.41. The van der Waals surface area contributed by atoms with Crippen LogP contribution in [0, 0.1) is 19.8 Å². The minimum atomic E-state index is 0.0522. The standard InChI is InChI=1S/C17H27N5O2/c1-12(2)10-24-9-5-8-18-16(23)7-6-15-13(3)21-17-19-11-20-22(17)14(15)4/h11-12H,5-10H2,1-4H3,(H,18,23). The van der Waals surface area contributed by atoms with E-state index >= 15 is 0 Å². The summed E-state index contributed by atoms with van der Waals surface area (Å²) >= 11 is 0. The van der Waals surface area contributed by atoms with Gasteiger partial charge in [0.25, 0.3) is 5.78 Å². The van der Waals surface area contributed by atoms with E-state index in [4.69, 9.17) is 4.74 Å². The van der Waals surface area contributed by atoms with Gasteiger partial charge in [0.1, 0.15) is 6.33 Å². The first-order valence-electron chi connectivity index (χ1n) is 8.49. The van der Waals surface area contributed by atoms with Gasteiger partial charge in [-0.2, -0.15) is 10.1 Å². The average Bonchev–Trinajstić information content (AvgIpc) is 2.98. The number of carbonyl (C=O) groups excluding carboxylic acids is 1. The Morgan fingerprint density at radius 1 is 1.38 bits per heavy atom. The number of nitrogens with zero attached hydrogens (tertiary/aromatic N) is 4. The SMILES string of the molecule is Cc1nc2ncnn2c(C)c1CCC(=O)NCCCOCC(C)C. The Hall–Kier alpha value is -2.02. The van der Waals surface area contributed by atoms with Gasteiger partial charge in [0.15, 0.2) is 0 Å². The van der Waals surface area contributed by atoms with Gasteiger partial charge in [0.2, 0.25) is 5.91 Å². The molecule has 2 aromatic heterocycles. The van der Waals surface area contributed by atoms with Crippen molar-refractivity contribution >= 4 is 11.7 Å². The molecule has 0 saturated heterocycles. The van der Waals surface area contributed by atoms with Crippen LogP contribution in [0.1, 0.15) is 43.6 Å². The van der Waals surface area contributed by atoms with Crippen molar-refractivity contribution in [2.24, 2.45) is 5.92 Å². The fraction of sp³-hybridized carbons (Fsp3) is 0.647. The van der Waals surface area contributed by atoms with Crippen molar-refractivity contribution in [3.63, 3.8) is 0 Å². The number of hydrogen-bond donors (Lipinski definition) is 1. The third kappa shape index (κ3) is 4.99. The van der Waals surface area contributed by atoms with Crippen LogP contribution in [0.5, 0.6) is 0 Å². The zero-order valence-corrected chi connectivity index (χ0v) is 15.0. The van der Waals surface area contributed by atoms with Crippen LogP contribution in [0.3, 0.4) is 0 Å². The van der Waals surface area contributed by atoms with Gasteiger partial charge in [-0.15, -0.1) is 0 Å². The van der Waals surface area contributed by atoms with Crippen LogP contribution in [-0.2, 0) is 16.0 Å². The molecule has 0 saturated carbocycles. The maximum Gasteiger partial charge on any atom is 0.252 e. The van der Waals surface area contributed by atoms with Gasteiger partial charge in [-0.25, -0.2) is 9.50 Å². The Balaban J connectivity index is 1.76. The number of aryl methyl sites for hydroxylation is 2. The van der Waals surface area contributed by atoms with E-state index in [9.17, 15) is 4.79 Å². The van der Waals surface area contributed by atoms with E-state index in [2.05, 4.69) is 34.2 Å². The van der Waals surface area contributed by atoms with Crippen molar-refractivity contribution < 1.29 is 9.53 Å². The molecule has 0 atom stereocenters. The van der Waals surface area contributed by atoms with E-state index in [-0.39, 0.29) is 5.91 Å². The fourth-order valence-electron chi connectivity index (χ4n) is 2.57. The van der Waals surface area contributed by atoms with Crippen LogP contribution in [0.2, 0.25) is 0 Å². The number of carbonyl (C=O) groups is 1. The van der Waals surface area contributed by atoms with E-state index in [1.54, 1.807) is 4.52 Å². The Kier molecular flexibility index (Phi) is 6.66. The molecule has 0 aliphatic rings. The molecule has 0 aliphatic heterocycles. The van der Waals surface area contributed by atoms with Crippen molar-refractivity contribution in [3.05, 3.63) is 23.3 Å². The highest BCUT2D eigenvalue weighted by Crippen LogP contribution is 2.14. The molecule has 7 nitrogen and oxygen atoms in total. The van der Waals surface area contributed by atoms with Gasteiger partial charge in [-0.05, 0) is 38.2 Å². The smallest absolute Gasteiger partial charge is 0.252 e. The second kappa shape index (κ2) is 8.73. The molecule has 0 unspecified atom stereocenters. The summed E-state index contributed by atoms with van der Waals surface area (Å²) in [6.07, 6.45) is 3.42. The lowest BCUT2D eigenvalue weighted by Crippen LogP contribution is -2.26. The zero-order valence-electron chi connectivity index (χ0n) is 15.0. The first kappa shape index (κ1) is 18.3. The number of nitrogens with one attached hydrogen (secondary N) is 1. The number of amides is 1. The van der Waals surface area contributed by atoms with E-state index in [1.807, 2.05) is 13.8 Å². The normalized spacial score (nSPS) is 11.4. The molecular weight excluding hydrogens is 306 g/mol. The van der Waals surface area contributed by atoms with Crippen molar-refractivity contribution in [3.8, 4) is 0 Å². The fourth-order valence-corrected chi connectivity index (χ4v) is 2.57. The molecule has 7 heteroatoms. The summed E-state index contributed by atoms with van der Waals surface area (Å²) in [5, 5.41) is 7.10. The number of hydrogen-bond acceptors (Lipinski definition) is 5. The molecule has 2 aromatic rings. The van der Waals surface area contributed by atoms with Crippen LogP contribution >= 0.6 is 0 Å². The second-order valence-electron chi connectivity index (χ2n) is 6.41. The summed E-state index contributed by atoms with van der Waals surface area (Å²) < 4.78 is 7.21. The molecule has 2 rings (SSSR count). The Morgan fingerprint density at radius 2 is 2.17 bits per heavy atom. The lowest BCUT2D eigenvalue weighted by atomic mass is 10.1. The van der Waals surface area contributed by atoms with Gasteiger partial charge in [0, 0.05) is 37.6 Å². The molecule has 132 valence electrons. The summed E-state index contributed by atoms with van der Waals surface area (Å²) in [5.74, 6) is 1.19. The molecule has 2 heterocycles. The Labute approximate surface area is 142 Å². The lowest BCUT2D eigenvalue weighted by molar-refractivity contribution is -0.121. The summed E-state index contributed by atoms with van der Waals surface area (Å²) in [4.78, 5) is 20.5. The molecule has 0 aromatic carbocycles. The van der Waals surface area contributed by atoms with E-state index in [1.165, 1.54) is 6.33 Å². The monoisotopic (exact) mass is 333 g/mol. The highest BCUT2D eigenvalue weighted by Gasteiger charge is 2.12. The van der Waals surface area contributed by atoms with Crippen molar-refractivity contribution in [1.29, 1.82) is 0 Å². The van der Waals surface area contributed by atoms with Crippen LogP contribution in [0.25, 0.3) is 5.78 Å². The minimum Gasteiger partial charge on any atom is -0.381 e. The Morgan fingerprint density at radius 3 is 2.92 bits per heavy atom. The van der Waals surface area contributed by atoms with Gasteiger partial charge in [-0.1, -0.05) is 13.8 Å². The predicted octanol–water partition coefficient (Wildman–Crippen LogP) is 1.85. The van der Waals surface area contributed by atoms with Gasteiger partial charge in [-0.3, -0.25) is 4.79 Å². The van der Waals surface area contributed by atoms with Crippen LogP contribution in [0.4, 0.5) is 0 Å². The topological polar surface area (TPSA) is 81.4 Å². The van der Waals surface area contributed by atoms with Crippen molar-refractivity contribution in [2.45, 2.75) is 47.0 Å². The summed E-state index contributed by atoms with van der Waals surface area (Å²) in [6.45, 7) is 10.3. The number of rotatable bonds is 9. The van der Waals surface area contributed by atoms with E-state index in [0.29, 0.717) is 37.7 Å². The molecule has 1 N–H and O–H groups in total. The quantitative estimate of drug-likeness (QED) is 0.708. The maximum absolute atomic E-state index is 12.0. The third-order valence-electron chi connectivity index (χ3n) is 3.83.